The Hall–Kier alpha value is -1.38. The van der Waals surface area contributed by atoms with Crippen LogP contribution in [0, 0.1) is 11.5 Å². The first-order chi connectivity index (χ1) is 10.2. The normalized spacial score (nSPS) is 10.5. The van der Waals surface area contributed by atoms with Gasteiger partial charge in [0.25, 0.3) is 0 Å². The van der Waals surface area contributed by atoms with E-state index in [1.54, 1.807) is 60.7 Å². The maximum absolute atomic E-state index is 10.3. The second-order valence-electron chi connectivity index (χ2n) is 4.09. The Balaban J connectivity index is 0.000000403. The zero-order valence-electron chi connectivity index (χ0n) is 12.0. The molecule has 0 saturated carbocycles. The van der Waals surface area contributed by atoms with Gasteiger partial charge < -0.3 is 0 Å². The third kappa shape index (κ3) is 11.8. The fraction of sp³-hybridized carbons (Fsp3) is 0. The Bertz CT molecular complexity index is 705. The van der Waals surface area contributed by atoms with Crippen LogP contribution < -0.4 is 0 Å². The molecule has 2 rings (SSSR count). The van der Waals surface area contributed by atoms with Crippen LogP contribution in [0.5, 0.6) is 0 Å². The quantitative estimate of drug-likeness (QED) is 0.457. The molecule has 9 heteroatoms. The summed E-state index contributed by atoms with van der Waals surface area (Å²) in [5.41, 5.74) is 0.935. The summed E-state index contributed by atoms with van der Waals surface area (Å²) < 4.78 is 58.0. The third-order valence-corrected chi connectivity index (χ3v) is 3.31. The summed E-state index contributed by atoms with van der Waals surface area (Å²) in [5, 5.41) is 0. The molecule has 0 atom stereocenters. The van der Waals surface area contributed by atoms with Crippen molar-refractivity contribution in [2.75, 3.05) is 0 Å². The van der Waals surface area contributed by atoms with Gasteiger partial charge in [-0.1, -0.05) is 12.1 Å². The van der Waals surface area contributed by atoms with E-state index in [4.69, 9.17) is 9.11 Å². The minimum atomic E-state index is -4.00. The molecule has 0 spiro atoms. The van der Waals surface area contributed by atoms with Gasteiger partial charge in [-0.3, -0.25) is 9.11 Å². The van der Waals surface area contributed by atoms with Crippen LogP contribution in [0.3, 0.4) is 0 Å². The molecule has 2 aromatic rings. The van der Waals surface area contributed by atoms with Crippen molar-refractivity contribution in [3.05, 3.63) is 83.3 Å². The fourth-order valence-corrected chi connectivity index (χ4v) is 2.41. The molecule has 0 unspecified atom stereocenters. The molecular weight excluding hydrogens is 394 g/mol. The third-order valence-electron chi connectivity index (χ3n) is 2.17. The number of benzene rings is 2. The molecule has 120 valence electrons. The predicted molar refractivity (Wildman–Crippen MR) is 82.8 cm³/mol. The molecule has 0 aliphatic rings. The van der Waals surface area contributed by atoms with E-state index in [2.05, 4.69) is 0 Å². The Kier molecular flexibility index (Phi) is 9.11. The molecule has 0 aromatic heterocycles. The minimum absolute atomic E-state index is 0. The maximum atomic E-state index is 10.3. The van der Waals surface area contributed by atoms with Gasteiger partial charge in [-0.05, 0) is 11.5 Å². The summed E-state index contributed by atoms with van der Waals surface area (Å²) in [4.78, 5) is 0. The van der Waals surface area contributed by atoms with Gasteiger partial charge in [-0.25, -0.2) is 16.8 Å². The van der Waals surface area contributed by atoms with Gasteiger partial charge in [0.1, 0.15) is 0 Å². The SMILES string of the molecule is O=S(=O)(O)[CH-]c1ccccc1.O=S(=O)(O)[CH-]c1ccccc1.[Zn+2]. The second kappa shape index (κ2) is 9.69. The molecule has 0 radical (unpaired) electrons. The average Bonchev–Trinajstić information content (AvgIpc) is 2.38. The first-order valence-electron chi connectivity index (χ1n) is 5.90. The molecule has 0 aliphatic heterocycles. The monoisotopic (exact) mass is 406 g/mol. The van der Waals surface area contributed by atoms with Crippen LogP contribution in [-0.4, -0.2) is 25.9 Å². The van der Waals surface area contributed by atoms with E-state index >= 15 is 0 Å². The molecule has 6 nitrogen and oxygen atoms in total. The maximum Gasteiger partial charge on any atom is 2.00 e. The van der Waals surface area contributed by atoms with Gasteiger partial charge >= 0.3 is 19.5 Å². The fourth-order valence-electron chi connectivity index (χ4n) is 1.41. The van der Waals surface area contributed by atoms with Crippen LogP contribution in [0.2, 0.25) is 0 Å². The van der Waals surface area contributed by atoms with Crippen LogP contribution >= 0.6 is 0 Å². The van der Waals surface area contributed by atoms with E-state index < -0.39 is 20.2 Å². The Morgan fingerprint density at radius 2 is 0.870 bits per heavy atom. The standard InChI is InChI=1S/2C7H7O3S.Zn/c2*8-11(9,10)6-7-4-2-1-3-5-7;/h2*1-6H,(H,8,9,10);/q2*-1;+2. The van der Waals surface area contributed by atoms with Crippen LogP contribution in [-0.2, 0) is 39.7 Å². The van der Waals surface area contributed by atoms with E-state index in [1.807, 2.05) is 0 Å². The molecule has 2 N–H and O–H groups in total. The topological polar surface area (TPSA) is 109 Å². The van der Waals surface area contributed by atoms with E-state index in [9.17, 15) is 16.8 Å². The molecule has 0 saturated heterocycles. The van der Waals surface area contributed by atoms with Gasteiger partial charge in [0.2, 0.25) is 20.2 Å². The molecule has 0 heterocycles. The van der Waals surface area contributed by atoms with Gasteiger partial charge in [0.05, 0.1) is 0 Å². The summed E-state index contributed by atoms with van der Waals surface area (Å²) in [6.45, 7) is 0. The Morgan fingerprint density at radius 1 is 0.609 bits per heavy atom. The van der Waals surface area contributed by atoms with Gasteiger partial charge in [0, 0.05) is 0 Å². The summed E-state index contributed by atoms with van der Waals surface area (Å²) in [5.74, 6) is 1.60. The van der Waals surface area contributed by atoms with E-state index in [-0.39, 0.29) is 19.5 Å². The summed E-state index contributed by atoms with van der Waals surface area (Å²) in [7, 11) is -8.00. The zero-order chi connectivity index (χ0) is 16.6. The van der Waals surface area contributed by atoms with Crippen LogP contribution in [0.15, 0.2) is 60.7 Å². The number of hydrogen-bond donors (Lipinski definition) is 2. The van der Waals surface area contributed by atoms with E-state index in [0.717, 1.165) is 11.5 Å². The van der Waals surface area contributed by atoms with E-state index in [1.165, 1.54) is 0 Å². The largest absolute Gasteiger partial charge is 2.00 e. The van der Waals surface area contributed by atoms with Crippen molar-refractivity contribution in [1.29, 1.82) is 0 Å². The van der Waals surface area contributed by atoms with Gasteiger partial charge in [-0.2, -0.15) is 35.4 Å². The second-order valence-corrected chi connectivity index (χ2v) is 6.62. The molecule has 0 aliphatic carbocycles. The van der Waals surface area contributed by atoms with Crippen molar-refractivity contribution in [3.63, 3.8) is 0 Å². The Morgan fingerprint density at radius 3 is 1.09 bits per heavy atom. The van der Waals surface area contributed by atoms with Crippen LogP contribution in [0.1, 0.15) is 11.1 Å². The number of hydrogen-bond acceptors (Lipinski definition) is 4. The Labute approximate surface area is 148 Å². The van der Waals surface area contributed by atoms with Crippen molar-refractivity contribution in [2.45, 2.75) is 0 Å². The summed E-state index contributed by atoms with van der Waals surface area (Å²) in [6.07, 6.45) is 0. The van der Waals surface area contributed by atoms with Crippen molar-refractivity contribution in [2.24, 2.45) is 0 Å². The summed E-state index contributed by atoms with van der Waals surface area (Å²) >= 11 is 0. The molecule has 2 aromatic carbocycles. The van der Waals surface area contributed by atoms with Crippen molar-refractivity contribution < 1.29 is 45.4 Å². The van der Waals surface area contributed by atoms with Gasteiger partial charge in [-0.15, -0.1) is 24.3 Å². The molecule has 23 heavy (non-hydrogen) atoms. The van der Waals surface area contributed by atoms with Crippen LogP contribution in [0.4, 0.5) is 0 Å². The average molecular weight is 408 g/mol. The van der Waals surface area contributed by atoms with Crippen LogP contribution in [0.25, 0.3) is 0 Å². The van der Waals surface area contributed by atoms with Gasteiger partial charge in [0.15, 0.2) is 0 Å². The smallest absolute Gasteiger partial charge is 0.291 e. The first kappa shape index (κ1) is 21.6. The first-order valence-corrected chi connectivity index (χ1v) is 8.91. The van der Waals surface area contributed by atoms with Crippen molar-refractivity contribution >= 4 is 20.2 Å². The predicted octanol–water partition coefficient (Wildman–Crippen LogP) is 2.17. The number of rotatable bonds is 4. The van der Waals surface area contributed by atoms with Crippen molar-refractivity contribution in [3.8, 4) is 0 Å². The van der Waals surface area contributed by atoms with E-state index in [0.29, 0.717) is 11.1 Å². The molecule has 0 fully saturated rings. The molecule has 0 bridgehead atoms. The molecular formula is C14H14O6S2Zn. The summed E-state index contributed by atoms with van der Waals surface area (Å²) in [6, 6.07) is 16.7. The molecule has 0 amide bonds. The zero-order valence-corrected chi connectivity index (χ0v) is 16.6. The minimum Gasteiger partial charge on any atom is -0.291 e. The van der Waals surface area contributed by atoms with Crippen molar-refractivity contribution in [1.82, 2.24) is 0 Å².